The van der Waals surface area contributed by atoms with Gasteiger partial charge < -0.3 is 14.7 Å². The Kier molecular flexibility index (Phi) is 4.19. The summed E-state index contributed by atoms with van der Waals surface area (Å²) in [5, 5.41) is 10.4. The maximum atomic E-state index is 13.3. The van der Waals surface area contributed by atoms with E-state index in [1.165, 1.54) is 31.0 Å². The summed E-state index contributed by atoms with van der Waals surface area (Å²) in [5.74, 6) is 0.438. The Bertz CT molecular complexity index is 1020. The fourth-order valence-corrected chi connectivity index (χ4v) is 4.04. The number of ether oxygens (including phenoxy) is 1. The van der Waals surface area contributed by atoms with E-state index < -0.39 is 11.7 Å². The molecule has 0 saturated carbocycles. The lowest BCUT2D eigenvalue weighted by Crippen LogP contribution is -2.16. The molecule has 0 unspecified atom stereocenters. The fraction of sp³-hybridized carbons (Fsp3) is 0.100. The van der Waals surface area contributed by atoms with Gasteiger partial charge in [0.1, 0.15) is 11.5 Å². The number of methoxy groups -OCH3 is 1. The minimum Gasteiger partial charge on any atom is -0.506 e. The van der Waals surface area contributed by atoms with Crippen molar-refractivity contribution in [2.75, 3.05) is 12.0 Å². The summed E-state index contributed by atoms with van der Waals surface area (Å²) < 4.78 is 45.1. The van der Waals surface area contributed by atoms with Crippen molar-refractivity contribution in [2.24, 2.45) is 0 Å². The summed E-state index contributed by atoms with van der Waals surface area (Å²) in [6, 6.07) is 15.7. The number of para-hydroxylation sites is 1. The SMILES string of the molecule is COc1ccc(O)c(N2c3ccccc3Sc3ccc(C(F)(F)F)cc32)c1. The van der Waals surface area contributed by atoms with Gasteiger partial charge >= 0.3 is 6.18 Å². The molecule has 0 fully saturated rings. The van der Waals surface area contributed by atoms with Crippen LogP contribution in [-0.4, -0.2) is 12.2 Å². The molecule has 1 aliphatic rings. The highest BCUT2D eigenvalue weighted by molar-refractivity contribution is 7.99. The lowest BCUT2D eigenvalue weighted by molar-refractivity contribution is -0.137. The topological polar surface area (TPSA) is 32.7 Å². The van der Waals surface area contributed by atoms with E-state index >= 15 is 0 Å². The molecule has 0 aromatic heterocycles. The number of benzene rings is 3. The maximum Gasteiger partial charge on any atom is 0.416 e. The van der Waals surface area contributed by atoms with Crippen molar-refractivity contribution in [2.45, 2.75) is 16.0 Å². The number of hydrogen-bond donors (Lipinski definition) is 1. The fourth-order valence-electron chi connectivity index (χ4n) is 3.00. The van der Waals surface area contributed by atoms with Crippen LogP contribution in [0.4, 0.5) is 30.2 Å². The van der Waals surface area contributed by atoms with Crippen molar-refractivity contribution in [1.82, 2.24) is 0 Å². The molecule has 0 bridgehead atoms. The lowest BCUT2D eigenvalue weighted by Gasteiger charge is -2.33. The van der Waals surface area contributed by atoms with Crippen LogP contribution in [0.2, 0.25) is 0 Å². The Hall–Kier alpha value is -2.80. The average Bonchev–Trinajstić information content (AvgIpc) is 2.65. The van der Waals surface area contributed by atoms with Gasteiger partial charge in [-0.1, -0.05) is 23.9 Å². The predicted octanol–water partition coefficient (Wildman–Crippen LogP) is 6.35. The zero-order chi connectivity index (χ0) is 19.2. The predicted molar refractivity (Wildman–Crippen MR) is 98.5 cm³/mol. The van der Waals surface area contributed by atoms with E-state index in [2.05, 4.69) is 0 Å². The van der Waals surface area contributed by atoms with Crippen molar-refractivity contribution < 1.29 is 23.0 Å². The molecule has 1 N–H and O–H groups in total. The Labute approximate surface area is 158 Å². The molecule has 1 aliphatic heterocycles. The summed E-state index contributed by atoms with van der Waals surface area (Å²) in [5.41, 5.74) is 0.659. The summed E-state index contributed by atoms with van der Waals surface area (Å²) in [4.78, 5) is 3.18. The van der Waals surface area contributed by atoms with Crippen LogP contribution in [0.3, 0.4) is 0 Å². The number of rotatable bonds is 2. The van der Waals surface area contributed by atoms with Crippen LogP contribution < -0.4 is 9.64 Å². The zero-order valence-electron chi connectivity index (χ0n) is 14.1. The molecule has 138 valence electrons. The average molecular weight is 389 g/mol. The molecule has 7 heteroatoms. The Balaban J connectivity index is 1.98. The summed E-state index contributed by atoms with van der Waals surface area (Å²) in [7, 11) is 1.49. The monoisotopic (exact) mass is 389 g/mol. The molecule has 0 radical (unpaired) electrons. The van der Waals surface area contributed by atoms with Gasteiger partial charge in [-0.15, -0.1) is 0 Å². The number of anilines is 3. The molecule has 0 spiro atoms. The second-order valence-electron chi connectivity index (χ2n) is 5.94. The summed E-state index contributed by atoms with van der Waals surface area (Å²) in [6.07, 6.45) is -4.46. The van der Waals surface area contributed by atoms with Gasteiger partial charge in [-0.2, -0.15) is 13.2 Å². The van der Waals surface area contributed by atoms with Crippen LogP contribution >= 0.6 is 11.8 Å². The van der Waals surface area contributed by atoms with Gasteiger partial charge in [0.15, 0.2) is 0 Å². The second kappa shape index (κ2) is 6.42. The van der Waals surface area contributed by atoms with Crippen molar-refractivity contribution in [1.29, 1.82) is 0 Å². The first-order valence-electron chi connectivity index (χ1n) is 8.04. The minimum absolute atomic E-state index is 0.0548. The first-order chi connectivity index (χ1) is 12.9. The highest BCUT2D eigenvalue weighted by Gasteiger charge is 2.34. The number of phenolic OH excluding ortho intramolecular Hbond substituents is 1. The van der Waals surface area contributed by atoms with Crippen LogP contribution in [0.1, 0.15) is 5.56 Å². The molecule has 3 nitrogen and oxygen atoms in total. The minimum atomic E-state index is -4.46. The number of alkyl halides is 3. The van der Waals surface area contributed by atoms with Gasteiger partial charge in [-0.25, -0.2) is 0 Å². The Morgan fingerprint density at radius 2 is 1.63 bits per heavy atom. The Morgan fingerprint density at radius 3 is 2.37 bits per heavy atom. The molecule has 4 rings (SSSR count). The van der Waals surface area contributed by atoms with Gasteiger partial charge in [0.2, 0.25) is 0 Å². The van der Waals surface area contributed by atoms with Gasteiger partial charge in [0.05, 0.1) is 29.7 Å². The third-order valence-electron chi connectivity index (χ3n) is 4.28. The van der Waals surface area contributed by atoms with Gasteiger partial charge in [-0.05, 0) is 42.5 Å². The number of aromatic hydroxyl groups is 1. The third-order valence-corrected chi connectivity index (χ3v) is 5.41. The molecule has 0 aliphatic carbocycles. The molecular formula is C20H14F3NO2S. The number of fused-ring (bicyclic) bond motifs is 2. The number of nitrogens with zero attached hydrogens (tertiary/aromatic N) is 1. The van der Waals surface area contributed by atoms with Crippen LogP contribution in [0.5, 0.6) is 11.5 Å². The zero-order valence-corrected chi connectivity index (χ0v) is 14.9. The van der Waals surface area contributed by atoms with Crippen LogP contribution in [0, 0.1) is 0 Å². The highest BCUT2D eigenvalue weighted by atomic mass is 32.2. The number of phenols is 1. The van der Waals surface area contributed by atoms with Gasteiger partial charge in [-0.3, -0.25) is 0 Å². The largest absolute Gasteiger partial charge is 0.506 e. The number of halogens is 3. The van der Waals surface area contributed by atoms with E-state index in [1.807, 2.05) is 24.3 Å². The van der Waals surface area contributed by atoms with Crippen LogP contribution in [0.15, 0.2) is 70.5 Å². The quantitative estimate of drug-likeness (QED) is 0.433. The normalized spacial score (nSPS) is 13.1. The van der Waals surface area contributed by atoms with E-state index in [-0.39, 0.29) is 5.75 Å². The second-order valence-corrected chi connectivity index (χ2v) is 7.02. The van der Waals surface area contributed by atoms with E-state index in [4.69, 9.17) is 4.74 Å². The van der Waals surface area contributed by atoms with E-state index in [9.17, 15) is 18.3 Å². The molecule has 0 saturated heterocycles. The lowest BCUT2D eigenvalue weighted by atomic mass is 10.1. The number of hydrogen-bond acceptors (Lipinski definition) is 4. The summed E-state index contributed by atoms with van der Waals surface area (Å²) >= 11 is 1.39. The first-order valence-corrected chi connectivity index (χ1v) is 8.85. The van der Waals surface area contributed by atoms with Crippen molar-refractivity contribution in [3.05, 3.63) is 66.2 Å². The van der Waals surface area contributed by atoms with E-state index in [0.717, 1.165) is 17.0 Å². The molecular weight excluding hydrogens is 375 g/mol. The van der Waals surface area contributed by atoms with Gasteiger partial charge in [0.25, 0.3) is 0 Å². The molecule has 27 heavy (non-hydrogen) atoms. The van der Waals surface area contributed by atoms with Crippen LogP contribution in [0.25, 0.3) is 0 Å². The molecule has 1 heterocycles. The van der Waals surface area contributed by atoms with Gasteiger partial charge in [0, 0.05) is 15.9 Å². The van der Waals surface area contributed by atoms with Crippen LogP contribution in [-0.2, 0) is 6.18 Å². The van der Waals surface area contributed by atoms with Crippen molar-refractivity contribution >= 4 is 28.8 Å². The molecule has 0 amide bonds. The first kappa shape index (κ1) is 17.6. The maximum absolute atomic E-state index is 13.3. The van der Waals surface area contributed by atoms with E-state index in [0.29, 0.717) is 27.7 Å². The molecule has 3 aromatic carbocycles. The van der Waals surface area contributed by atoms with Crippen molar-refractivity contribution in [3.8, 4) is 11.5 Å². The smallest absolute Gasteiger partial charge is 0.416 e. The van der Waals surface area contributed by atoms with Crippen molar-refractivity contribution in [3.63, 3.8) is 0 Å². The molecule has 0 atom stereocenters. The molecule has 3 aromatic rings. The third kappa shape index (κ3) is 3.08. The summed E-state index contributed by atoms with van der Waals surface area (Å²) in [6.45, 7) is 0. The Morgan fingerprint density at radius 1 is 0.889 bits per heavy atom. The standard InChI is InChI=1S/C20H14F3NO2S/c1-26-13-7-8-17(25)15(11-13)24-14-4-2-3-5-18(14)27-19-9-6-12(10-16(19)24)20(21,22)23/h2-11,25H,1H3. The highest BCUT2D eigenvalue weighted by Crippen LogP contribution is 2.54. The van der Waals surface area contributed by atoms with E-state index in [1.54, 1.807) is 17.0 Å².